The van der Waals surface area contributed by atoms with Gasteiger partial charge in [-0.15, -0.1) is 10.2 Å². The van der Waals surface area contributed by atoms with Gasteiger partial charge in [-0.25, -0.2) is 9.18 Å². The number of nitrogens with one attached hydrogen (secondary N) is 1. The summed E-state index contributed by atoms with van der Waals surface area (Å²) < 4.78 is 18.2. The van der Waals surface area contributed by atoms with Crippen molar-refractivity contribution in [3.8, 4) is 11.4 Å². The van der Waals surface area contributed by atoms with Crippen molar-refractivity contribution >= 4 is 5.97 Å². The molecule has 0 radical (unpaired) electrons. The molecule has 0 aliphatic rings. The maximum absolute atomic E-state index is 13.4. The minimum atomic E-state index is -0.609. The molecule has 6 heteroatoms. The van der Waals surface area contributed by atoms with E-state index in [9.17, 15) is 9.18 Å². The first-order valence-electron chi connectivity index (χ1n) is 5.07. The summed E-state index contributed by atoms with van der Waals surface area (Å²) in [7, 11) is 0. The van der Waals surface area contributed by atoms with Crippen molar-refractivity contribution in [2.45, 2.75) is 6.92 Å². The molecule has 0 bridgehead atoms. The normalized spacial score (nSPS) is 10.2. The number of rotatable bonds is 3. The van der Waals surface area contributed by atoms with E-state index < -0.39 is 11.8 Å². The second kappa shape index (κ2) is 4.73. The van der Waals surface area contributed by atoms with Crippen LogP contribution in [0, 0.1) is 5.82 Å². The zero-order valence-electron chi connectivity index (χ0n) is 9.11. The van der Waals surface area contributed by atoms with Crippen molar-refractivity contribution in [1.29, 1.82) is 0 Å². The molecule has 5 nitrogen and oxygen atoms in total. The Morgan fingerprint density at radius 2 is 2.18 bits per heavy atom. The number of aromatic nitrogens is 3. The molecule has 1 aromatic carbocycles. The van der Waals surface area contributed by atoms with Crippen LogP contribution in [0.5, 0.6) is 0 Å². The number of esters is 1. The summed E-state index contributed by atoms with van der Waals surface area (Å²) in [4.78, 5) is 13.9. The molecule has 2 aromatic rings. The number of benzene rings is 1. The number of aromatic amines is 1. The van der Waals surface area contributed by atoms with Gasteiger partial charge < -0.3 is 9.72 Å². The Hall–Kier alpha value is -2.24. The van der Waals surface area contributed by atoms with Crippen LogP contribution in [0.25, 0.3) is 11.4 Å². The third-order valence-electron chi connectivity index (χ3n) is 2.08. The molecule has 0 saturated heterocycles. The van der Waals surface area contributed by atoms with Gasteiger partial charge in [-0.3, -0.25) is 0 Å². The summed E-state index contributed by atoms with van der Waals surface area (Å²) in [5.74, 6) is -0.877. The lowest BCUT2D eigenvalue weighted by atomic mass is 10.2. The molecule has 17 heavy (non-hydrogen) atoms. The number of hydrogen-bond acceptors (Lipinski definition) is 4. The molecule has 0 fully saturated rings. The van der Waals surface area contributed by atoms with Gasteiger partial charge in [-0.1, -0.05) is 12.1 Å². The summed E-state index contributed by atoms with van der Waals surface area (Å²) in [6.45, 7) is 1.93. The highest BCUT2D eigenvalue weighted by atomic mass is 19.1. The zero-order chi connectivity index (χ0) is 12.3. The highest BCUT2D eigenvalue weighted by Gasteiger charge is 2.15. The summed E-state index contributed by atoms with van der Waals surface area (Å²) >= 11 is 0. The third-order valence-corrected chi connectivity index (χ3v) is 2.08. The fourth-order valence-corrected chi connectivity index (χ4v) is 1.33. The first-order valence-corrected chi connectivity index (χ1v) is 5.07. The van der Waals surface area contributed by atoms with Crippen LogP contribution in [-0.4, -0.2) is 27.8 Å². The van der Waals surface area contributed by atoms with Gasteiger partial charge in [0.25, 0.3) is 0 Å². The molecule has 0 atom stereocenters. The van der Waals surface area contributed by atoms with Gasteiger partial charge in [-0.2, -0.15) is 0 Å². The van der Waals surface area contributed by atoms with Crippen LogP contribution < -0.4 is 0 Å². The molecule has 0 amide bonds. The van der Waals surface area contributed by atoms with Crippen LogP contribution >= 0.6 is 0 Å². The Morgan fingerprint density at radius 1 is 1.41 bits per heavy atom. The van der Waals surface area contributed by atoms with Crippen LogP contribution in [0.1, 0.15) is 17.5 Å². The summed E-state index contributed by atoms with van der Waals surface area (Å²) in [6, 6.07) is 6.10. The van der Waals surface area contributed by atoms with Crippen molar-refractivity contribution in [3.63, 3.8) is 0 Å². The van der Waals surface area contributed by atoms with Gasteiger partial charge >= 0.3 is 5.97 Å². The summed E-state index contributed by atoms with van der Waals surface area (Å²) in [6.07, 6.45) is 0. The lowest BCUT2D eigenvalue weighted by Crippen LogP contribution is -2.06. The van der Waals surface area contributed by atoms with E-state index in [1.54, 1.807) is 25.1 Å². The van der Waals surface area contributed by atoms with E-state index in [-0.39, 0.29) is 23.8 Å². The van der Waals surface area contributed by atoms with Crippen molar-refractivity contribution in [2.24, 2.45) is 0 Å². The van der Waals surface area contributed by atoms with Crippen molar-refractivity contribution < 1.29 is 13.9 Å². The van der Waals surface area contributed by atoms with Gasteiger partial charge in [0, 0.05) is 0 Å². The van der Waals surface area contributed by atoms with Crippen LogP contribution in [0.3, 0.4) is 0 Å². The van der Waals surface area contributed by atoms with Crippen molar-refractivity contribution in [1.82, 2.24) is 15.2 Å². The number of nitrogens with zero attached hydrogens (tertiary/aromatic N) is 2. The van der Waals surface area contributed by atoms with E-state index in [0.717, 1.165) is 0 Å². The molecule has 0 aliphatic heterocycles. The molecule has 0 spiro atoms. The lowest BCUT2D eigenvalue weighted by Gasteiger charge is -1.97. The molecule has 88 valence electrons. The first kappa shape index (κ1) is 11.3. The SMILES string of the molecule is CCOC(=O)c1nnc(-c2ccccc2F)[nH]1. The second-order valence-electron chi connectivity index (χ2n) is 3.22. The number of halogens is 1. The van der Waals surface area contributed by atoms with Crippen LogP contribution in [0.15, 0.2) is 24.3 Å². The van der Waals surface area contributed by atoms with Gasteiger partial charge in [0.15, 0.2) is 5.82 Å². The Kier molecular flexibility index (Phi) is 3.13. The second-order valence-corrected chi connectivity index (χ2v) is 3.22. The van der Waals surface area contributed by atoms with Crippen LogP contribution in [0.4, 0.5) is 4.39 Å². The number of carbonyl (C=O) groups excluding carboxylic acids is 1. The monoisotopic (exact) mass is 235 g/mol. The van der Waals surface area contributed by atoms with Gasteiger partial charge in [-0.05, 0) is 19.1 Å². The standard InChI is InChI=1S/C11H10FN3O2/c1-2-17-11(16)10-13-9(14-15-10)7-5-3-4-6-8(7)12/h3-6H,2H2,1H3,(H,13,14,15). The fraction of sp³-hybridized carbons (Fsp3) is 0.182. The molecule has 0 aliphatic carbocycles. The maximum atomic E-state index is 13.4. The molecule has 0 saturated carbocycles. The van der Waals surface area contributed by atoms with E-state index in [0.29, 0.717) is 0 Å². The van der Waals surface area contributed by atoms with E-state index in [2.05, 4.69) is 15.2 Å². The fourth-order valence-electron chi connectivity index (χ4n) is 1.33. The van der Waals surface area contributed by atoms with E-state index >= 15 is 0 Å². The highest BCUT2D eigenvalue weighted by molar-refractivity contribution is 5.85. The lowest BCUT2D eigenvalue weighted by molar-refractivity contribution is 0.0512. The number of carbonyl (C=O) groups is 1. The average molecular weight is 235 g/mol. The zero-order valence-corrected chi connectivity index (χ0v) is 9.11. The smallest absolute Gasteiger partial charge is 0.376 e. The topological polar surface area (TPSA) is 67.9 Å². The van der Waals surface area contributed by atoms with Crippen molar-refractivity contribution in [3.05, 3.63) is 35.9 Å². The van der Waals surface area contributed by atoms with E-state index in [1.807, 2.05) is 0 Å². The Morgan fingerprint density at radius 3 is 2.88 bits per heavy atom. The minimum absolute atomic E-state index is 0.0369. The summed E-state index contributed by atoms with van der Waals surface area (Å²) in [5.41, 5.74) is 0.260. The van der Waals surface area contributed by atoms with Crippen molar-refractivity contribution in [2.75, 3.05) is 6.61 Å². The molecule has 1 aromatic heterocycles. The predicted octanol–water partition coefficient (Wildman–Crippen LogP) is 1.79. The molecule has 0 unspecified atom stereocenters. The largest absolute Gasteiger partial charge is 0.460 e. The van der Waals surface area contributed by atoms with Gasteiger partial charge in [0.2, 0.25) is 5.82 Å². The van der Waals surface area contributed by atoms with E-state index in [1.165, 1.54) is 6.07 Å². The first-order chi connectivity index (χ1) is 8.22. The number of ether oxygens (including phenoxy) is 1. The van der Waals surface area contributed by atoms with Gasteiger partial charge in [0.1, 0.15) is 5.82 Å². The average Bonchev–Trinajstić information content (AvgIpc) is 2.79. The molecule has 1 heterocycles. The van der Waals surface area contributed by atoms with E-state index in [4.69, 9.17) is 4.74 Å². The Bertz CT molecular complexity index is 539. The molecular weight excluding hydrogens is 225 g/mol. The van der Waals surface area contributed by atoms with Crippen LogP contribution in [0.2, 0.25) is 0 Å². The maximum Gasteiger partial charge on any atom is 0.376 e. The molecule has 1 N–H and O–H groups in total. The third kappa shape index (κ3) is 2.30. The number of H-pyrrole nitrogens is 1. The quantitative estimate of drug-likeness (QED) is 0.823. The molecular formula is C11H10FN3O2. The minimum Gasteiger partial charge on any atom is -0.460 e. The highest BCUT2D eigenvalue weighted by Crippen LogP contribution is 2.18. The predicted molar refractivity (Wildman–Crippen MR) is 57.7 cm³/mol. The van der Waals surface area contributed by atoms with Gasteiger partial charge in [0.05, 0.1) is 12.2 Å². The molecule has 2 rings (SSSR count). The summed E-state index contributed by atoms with van der Waals surface area (Å²) in [5, 5.41) is 7.31. The number of hydrogen-bond donors (Lipinski definition) is 1. The Balaban J connectivity index is 2.30. The Labute approximate surface area is 96.6 Å². The van der Waals surface area contributed by atoms with Crippen LogP contribution in [-0.2, 0) is 4.74 Å².